The van der Waals surface area contributed by atoms with E-state index in [9.17, 15) is 14.4 Å². The lowest BCUT2D eigenvalue weighted by Crippen LogP contribution is -2.30. The first-order chi connectivity index (χ1) is 29.0. The van der Waals surface area contributed by atoms with Gasteiger partial charge < -0.3 is 14.2 Å². The maximum atomic E-state index is 12.7. The first-order valence-electron chi connectivity index (χ1n) is 24.1. The molecule has 0 aliphatic carbocycles. The molecule has 0 saturated heterocycles. The number of carbonyl (C=O) groups is 3. The molecule has 0 aromatic rings. The van der Waals surface area contributed by atoms with Gasteiger partial charge in [-0.1, -0.05) is 170 Å². The molecule has 0 aromatic heterocycles. The van der Waals surface area contributed by atoms with E-state index in [1.807, 2.05) is 0 Å². The van der Waals surface area contributed by atoms with Crippen LogP contribution in [-0.2, 0) is 28.6 Å². The van der Waals surface area contributed by atoms with Crippen LogP contribution in [0.2, 0.25) is 0 Å². The second kappa shape index (κ2) is 47.3. The molecule has 0 aliphatic heterocycles. The SMILES string of the molecule is CC/C=C\C/C=C\C/C=C\C/C=C\CCCCC(=O)O[C@H](COC(=O)CCCCCCC/C=C\C/C=C\CCCCC)COC(=O)CCCCCCC/C=C\CCCC. The third-order valence-electron chi connectivity index (χ3n) is 9.85. The van der Waals surface area contributed by atoms with Crippen LogP contribution in [-0.4, -0.2) is 37.2 Å². The van der Waals surface area contributed by atoms with Crippen LogP contribution < -0.4 is 0 Å². The minimum absolute atomic E-state index is 0.103. The summed E-state index contributed by atoms with van der Waals surface area (Å²) in [6.07, 6.45) is 59.9. The second-order valence-electron chi connectivity index (χ2n) is 15.6. The normalized spacial score (nSPS) is 12.8. The maximum absolute atomic E-state index is 12.7. The summed E-state index contributed by atoms with van der Waals surface area (Å²) < 4.78 is 16.7. The first-order valence-corrected chi connectivity index (χ1v) is 24.1. The molecule has 6 heteroatoms. The number of hydrogen-bond donors (Lipinski definition) is 0. The van der Waals surface area contributed by atoms with E-state index in [2.05, 4.69) is 106 Å². The topological polar surface area (TPSA) is 78.9 Å². The molecule has 0 bridgehead atoms. The summed E-state index contributed by atoms with van der Waals surface area (Å²) in [4.78, 5) is 37.8. The lowest BCUT2D eigenvalue weighted by molar-refractivity contribution is -0.167. The number of esters is 3. The lowest BCUT2D eigenvalue weighted by Gasteiger charge is -2.18. The molecule has 336 valence electrons. The highest BCUT2D eigenvalue weighted by molar-refractivity contribution is 5.71. The number of carbonyl (C=O) groups excluding carboxylic acids is 3. The Kier molecular flexibility index (Phi) is 44.5. The van der Waals surface area contributed by atoms with Gasteiger partial charge in [0.1, 0.15) is 13.2 Å². The second-order valence-corrected chi connectivity index (χ2v) is 15.6. The van der Waals surface area contributed by atoms with Gasteiger partial charge in [-0.05, 0) is 109 Å². The summed E-state index contributed by atoms with van der Waals surface area (Å²) >= 11 is 0. The predicted molar refractivity (Wildman–Crippen MR) is 251 cm³/mol. The fraction of sp³-hybridized carbons (Fsp3) is 0.679. The Morgan fingerprint density at radius 1 is 0.356 bits per heavy atom. The average molecular weight is 821 g/mol. The van der Waals surface area contributed by atoms with Gasteiger partial charge in [0.25, 0.3) is 0 Å². The summed E-state index contributed by atoms with van der Waals surface area (Å²) in [6.45, 7) is 6.38. The number of allylic oxidation sites excluding steroid dienone is 14. The van der Waals surface area contributed by atoms with Gasteiger partial charge in [0.15, 0.2) is 6.10 Å². The third kappa shape index (κ3) is 45.5. The fourth-order valence-electron chi connectivity index (χ4n) is 6.21. The fourth-order valence-corrected chi connectivity index (χ4v) is 6.21. The molecule has 0 aromatic carbocycles. The minimum atomic E-state index is -0.806. The Morgan fingerprint density at radius 3 is 1.14 bits per heavy atom. The van der Waals surface area contributed by atoms with Crippen molar-refractivity contribution in [1.82, 2.24) is 0 Å². The highest BCUT2D eigenvalue weighted by Gasteiger charge is 2.19. The Labute approximate surface area is 363 Å². The Balaban J connectivity index is 4.49. The highest BCUT2D eigenvalue weighted by Crippen LogP contribution is 2.12. The molecule has 0 unspecified atom stereocenters. The molecule has 0 saturated carbocycles. The van der Waals surface area contributed by atoms with E-state index in [0.29, 0.717) is 19.3 Å². The van der Waals surface area contributed by atoms with Gasteiger partial charge >= 0.3 is 17.9 Å². The van der Waals surface area contributed by atoms with Crippen molar-refractivity contribution in [2.24, 2.45) is 0 Å². The van der Waals surface area contributed by atoms with Gasteiger partial charge in [-0.25, -0.2) is 0 Å². The van der Waals surface area contributed by atoms with Crippen LogP contribution >= 0.6 is 0 Å². The number of unbranched alkanes of at least 4 members (excludes halogenated alkanes) is 17. The highest BCUT2D eigenvalue weighted by atomic mass is 16.6. The van der Waals surface area contributed by atoms with E-state index in [1.165, 1.54) is 51.4 Å². The molecule has 0 spiro atoms. The van der Waals surface area contributed by atoms with Crippen LogP contribution in [0.15, 0.2) is 85.1 Å². The molecule has 0 radical (unpaired) electrons. The predicted octanol–water partition coefficient (Wildman–Crippen LogP) is 15.6. The number of hydrogen-bond acceptors (Lipinski definition) is 6. The molecule has 59 heavy (non-hydrogen) atoms. The Hall–Kier alpha value is -3.41. The number of rotatable bonds is 42. The largest absolute Gasteiger partial charge is 0.462 e. The minimum Gasteiger partial charge on any atom is -0.462 e. The maximum Gasteiger partial charge on any atom is 0.306 e. The van der Waals surface area contributed by atoms with Crippen LogP contribution in [0.25, 0.3) is 0 Å². The van der Waals surface area contributed by atoms with E-state index in [1.54, 1.807) is 0 Å². The third-order valence-corrected chi connectivity index (χ3v) is 9.85. The molecular weight excluding hydrogens is 733 g/mol. The van der Waals surface area contributed by atoms with Crippen molar-refractivity contribution in [3.05, 3.63) is 85.1 Å². The molecule has 0 aliphatic rings. The van der Waals surface area contributed by atoms with Gasteiger partial charge in [0.05, 0.1) is 0 Å². The summed E-state index contributed by atoms with van der Waals surface area (Å²) in [5, 5.41) is 0. The van der Waals surface area contributed by atoms with Crippen molar-refractivity contribution in [3.63, 3.8) is 0 Å². The van der Waals surface area contributed by atoms with Crippen molar-refractivity contribution >= 4 is 17.9 Å². The molecule has 0 amide bonds. The van der Waals surface area contributed by atoms with Gasteiger partial charge in [0.2, 0.25) is 0 Å². The van der Waals surface area contributed by atoms with Crippen LogP contribution in [0.1, 0.15) is 213 Å². The van der Waals surface area contributed by atoms with Crippen LogP contribution in [0.5, 0.6) is 0 Å². The summed E-state index contributed by atoms with van der Waals surface area (Å²) in [7, 11) is 0. The molecule has 0 N–H and O–H groups in total. The van der Waals surface area contributed by atoms with Gasteiger partial charge in [-0.15, -0.1) is 0 Å². The van der Waals surface area contributed by atoms with Crippen LogP contribution in [0.4, 0.5) is 0 Å². The van der Waals surface area contributed by atoms with Crippen LogP contribution in [0, 0.1) is 0 Å². The first kappa shape index (κ1) is 55.6. The van der Waals surface area contributed by atoms with Gasteiger partial charge in [-0.3, -0.25) is 14.4 Å². The molecule has 0 fully saturated rings. The molecule has 0 rings (SSSR count). The molecule has 0 heterocycles. The van der Waals surface area contributed by atoms with E-state index >= 15 is 0 Å². The van der Waals surface area contributed by atoms with E-state index in [0.717, 1.165) is 116 Å². The van der Waals surface area contributed by atoms with Crippen molar-refractivity contribution in [1.29, 1.82) is 0 Å². The summed E-state index contributed by atoms with van der Waals surface area (Å²) in [5.74, 6) is -0.974. The average Bonchev–Trinajstić information content (AvgIpc) is 3.23. The Bertz CT molecular complexity index is 1170. The van der Waals surface area contributed by atoms with E-state index in [-0.39, 0.29) is 37.5 Å². The molecule has 1 atom stereocenters. The van der Waals surface area contributed by atoms with Gasteiger partial charge in [0, 0.05) is 19.3 Å². The summed E-state index contributed by atoms with van der Waals surface area (Å²) in [6, 6.07) is 0. The molecular formula is C53H88O6. The Morgan fingerprint density at radius 2 is 0.678 bits per heavy atom. The summed E-state index contributed by atoms with van der Waals surface area (Å²) in [5.41, 5.74) is 0. The van der Waals surface area contributed by atoms with Crippen molar-refractivity contribution < 1.29 is 28.6 Å². The lowest BCUT2D eigenvalue weighted by atomic mass is 10.1. The van der Waals surface area contributed by atoms with Crippen molar-refractivity contribution in [3.8, 4) is 0 Å². The van der Waals surface area contributed by atoms with E-state index in [4.69, 9.17) is 14.2 Å². The number of ether oxygens (including phenoxy) is 3. The zero-order valence-electron chi connectivity index (χ0n) is 38.2. The van der Waals surface area contributed by atoms with Crippen molar-refractivity contribution in [2.45, 2.75) is 219 Å². The zero-order chi connectivity index (χ0) is 43.0. The smallest absolute Gasteiger partial charge is 0.306 e. The molecule has 6 nitrogen and oxygen atoms in total. The van der Waals surface area contributed by atoms with E-state index < -0.39 is 6.10 Å². The van der Waals surface area contributed by atoms with Crippen molar-refractivity contribution in [2.75, 3.05) is 13.2 Å². The quantitative estimate of drug-likeness (QED) is 0.0264. The monoisotopic (exact) mass is 821 g/mol. The standard InChI is InChI=1S/C53H88O6/c1-4-7-10-13-16-19-22-24-26-28-31-34-37-40-43-46-52(55)58-49-50(48-57-51(54)45-42-39-36-33-30-21-18-15-12-9-6-3)59-53(56)47-44-41-38-35-32-29-27-25-23-20-17-14-11-8-5-2/h8,11,15-20,24-27,32,35,50H,4-7,9-10,12-14,21-23,28-31,33-34,36-49H2,1-3H3/b11-8-,18-15-,19-16-,20-17-,26-24-,27-25-,35-32-/t50-/m0/s1. The van der Waals surface area contributed by atoms with Crippen LogP contribution in [0.3, 0.4) is 0 Å². The van der Waals surface area contributed by atoms with Gasteiger partial charge in [-0.2, -0.15) is 0 Å². The zero-order valence-corrected chi connectivity index (χ0v) is 38.2.